The number of nitrogens with zero attached hydrogens (tertiary/aromatic N) is 5. The van der Waals surface area contributed by atoms with Gasteiger partial charge in [-0.3, -0.25) is 4.79 Å². The summed E-state index contributed by atoms with van der Waals surface area (Å²) in [7, 11) is 0. The Hall–Kier alpha value is -2.25. The minimum absolute atomic E-state index is 0. The predicted molar refractivity (Wildman–Crippen MR) is 94.9 cm³/mol. The van der Waals surface area contributed by atoms with Crippen molar-refractivity contribution in [3.8, 4) is 5.69 Å². The first-order chi connectivity index (χ1) is 11.1. The number of rotatable bonds is 7. The molecule has 2 aromatic rings. The number of carbonyl (C=O) groups is 1. The number of halogens is 1. The zero-order valence-electron chi connectivity index (χ0n) is 13.9. The number of hydrogen-bond donors (Lipinski definition) is 1. The molecule has 0 bridgehead atoms. The van der Waals surface area contributed by atoms with Gasteiger partial charge in [0.1, 0.15) is 6.33 Å². The van der Waals surface area contributed by atoms with Gasteiger partial charge in [0.25, 0.3) is 0 Å². The van der Waals surface area contributed by atoms with Gasteiger partial charge in [-0.2, -0.15) is 0 Å². The van der Waals surface area contributed by atoms with Crippen molar-refractivity contribution >= 4 is 18.3 Å². The second-order valence-corrected chi connectivity index (χ2v) is 5.44. The second kappa shape index (κ2) is 9.14. The summed E-state index contributed by atoms with van der Waals surface area (Å²) in [4.78, 5) is 14.3. The van der Waals surface area contributed by atoms with E-state index in [-0.39, 0.29) is 30.3 Å². The van der Waals surface area contributed by atoms with Crippen molar-refractivity contribution in [3.05, 3.63) is 48.8 Å². The molecule has 0 aliphatic carbocycles. The fraction of sp³-hybridized carbons (Fsp3) is 0.375. The lowest BCUT2D eigenvalue weighted by atomic mass is 10.0. The first-order valence-corrected chi connectivity index (χ1v) is 7.53. The van der Waals surface area contributed by atoms with Crippen LogP contribution in [0.3, 0.4) is 0 Å². The molecule has 1 aromatic carbocycles. The average Bonchev–Trinajstić information content (AvgIpc) is 3.12. The predicted octanol–water partition coefficient (Wildman–Crippen LogP) is 1.75. The molecule has 24 heavy (non-hydrogen) atoms. The average molecular weight is 351 g/mol. The highest BCUT2D eigenvalue weighted by Crippen LogP contribution is 2.23. The highest BCUT2D eigenvalue weighted by molar-refractivity contribution is 5.85. The van der Waals surface area contributed by atoms with Crippen LogP contribution in [0.4, 0.5) is 0 Å². The van der Waals surface area contributed by atoms with Crippen molar-refractivity contribution in [2.75, 3.05) is 13.1 Å². The molecule has 0 radical (unpaired) electrons. The summed E-state index contributed by atoms with van der Waals surface area (Å²) in [6, 6.07) is 7.68. The molecule has 8 heteroatoms. The van der Waals surface area contributed by atoms with E-state index in [1.165, 1.54) is 6.33 Å². The van der Waals surface area contributed by atoms with Crippen molar-refractivity contribution in [1.82, 2.24) is 25.1 Å². The Kier molecular flexibility index (Phi) is 7.54. The number of aromatic nitrogens is 4. The molecule has 130 valence electrons. The Balaban J connectivity index is 0.00000288. The van der Waals surface area contributed by atoms with E-state index in [1.54, 1.807) is 15.7 Å². The molecule has 1 amide bonds. The van der Waals surface area contributed by atoms with Gasteiger partial charge in [0, 0.05) is 19.0 Å². The van der Waals surface area contributed by atoms with E-state index in [1.807, 2.05) is 38.1 Å². The van der Waals surface area contributed by atoms with Gasteiger partial charge in [0.2, 0.25) is 5.91 Å². The van der Waals surface area contributed by atoms with E-state index in [2.05, 4.69) is 22.1 Å². The third kappa shape index (κ3) is 4.39. The monoisotopic (exact) mass is 350 g/mol. The van der Waals surface area contributed by atoms with E-state index >= 15 is 0 Å². The first-order valence-electron chi connectivity index (χ1n) is 7.53. The zero-order valence-corrected chi connectivity index (χ0v) is 14.7. The van der Waals surface area contributed by atoms with E-state index < -0.39 is 0 Å². The summed E-state index contributed by atoms with van der Waals surface area (Å²) in [5.41, 5.74) is 7.48. The number of hydrogen-bond acceptors (Lipinski definition) is 5. The second-order valence-electron chi connectivity index (χ2n) is 5.44. The van der Waals surface area contributed by atoms with Gasteiger partial charge >= 0.3 is 0 Å². The smallest absolute Gasteiger partial charge is 0.227 e. The fourth-order valence-corrected chi connectivity index (χ4v) is 2.35. The van der Waals surface area contributed by atoms with Crippen LogP contribution in [0.25, 0.3) is 5.69 Å². The Morgan fingerprint density at radius 2 is 2.21 bits per heavy atom. The van der Waals surface area contributed by atoms with Crippen LogP contribution in [0.2, 0.25) is 0 Å². The van der Waals surface area contributed by atoms with E-state index in [0.717, 1.165) is 11.3 Å². The Bertz CT molecular complexity index is 660. The van der Waals surface area contributed by atoms with Crippen molar-refractivity contribution in [1.29, 1.82) is 0 Å². The van der Waals surface area contributed by atoms with Gasteiger partial charge in [0.05, 0.1) is 11.7 Å². The Morgan fingerprint density at radius 3 is 2.79 bits per heavy atom. The van der Waals surface area contributed by atoms with Crippen LogP contribution >= 0.6 is 12.4 Å². The first kappa shape index (κ1) is 19.8. The summed E-state index contributed by atoms with van der Waals surface area (Å²) < 4.78 is 1.58. The van der Waals surface area contributed by atoms with Crippen LogP contribution < -0.4 is 5.73 Å². The molecule has 2 N–H and O–H groups in total. The van der Waals surface area contributed by atoms with Crippen molar-refractivity contribution in [3.63, 3.8) is 0 Å². The number of tetrazole rings is 1. The molecule has 0 saturated heterocycles. The number of amides is 1. The summed E-state index contributed by atoms with van der Waals surface area (Å²) in [5, 5.41) is 11.2. The lowest BCUT2D eigenvalue weighted by Gasteiger charge is -2.31. The van der Waals surface area contributed by atoms with Gasteiger partial charge in [-0.05, 0) is 35.0 Å². The molecule has 2 rings (SSSR count). The molecule has 0 spiro atoms. The van der Waals surface area contributed by atoms with E-state index in [0.29, 0.717) is 13.1 Å². The number of benzene rings is 1. The lowest BCUT2D eigenvalue weighted by molar-refractivity contribution is -0.136. The molecule has 2 atom stereocenters. The van der Waals surface area contributed by atoms with Gasteiger partial charge in [-0.15, -0.1) is 24.1 Å². The van der Waals surface area contributed by atoms with Gasteiger partial charge in [-0.25, -0.2) is 4.68 Å². The molecule has 0 fully saturated rings. The van der Waals surface area contributed by atoms with Crippen molar-refractivity contribution in [2.45, 2.75) is 19.9 Å². The van der Waals surface area contributed by atoms with Crippen LogP contribution in [0.1, 0.15) is 25.5 Å². The topological polar surface area (TPSA) is 89.9 Å². The quantitative estimate of drug-likeness (QED) is 0.768. The Morgan fingerprint density at radius 1 is 1.46 bits per heavy atom. The zero-order chi connectivity index (χ0) is 16.8. The highest BCUT2D eigenvalue weighted by atomic mass is 35.5. The SMILES string of the molecule is C=CCN(C(=O)C(C)CN)C(C)c1cccc(-n2cnnn2)c1.Cl. The molecule has 2 unspecified atom stereocenters. The van der Waals surface area contributed by atoms with Crippen LogP contribution in [-0.4, -0.2) is 44.1 Å². The third-order valence-electron chi connectivity index (χ3n) is 3.82. The normalized spacial score (nSPS) is 12.8. The maximum atomic E-state index is 12.6. The van der Waals surface area contributed by atoms with Crippen molar-refractivity contribution < 1.29 is 4.79 Å². The van der Waals surface area contributed by atoms with Gasteiger partial charge < -0.3 is 10.6 Å². The number of carbonyl (C=O) groups excluding carboxylic acids is 1. The minimum Gasteiger partial charge on any atom is -0.332 e. The summed E-state index contributed by atoms with van der Waals surface area (Å²) >= 11 is 0. The van der Waals surface area contributed by atoms with E-state index in [9.17, 15) is 4.79 Å². The Labute approximate surface area is 147 Å². The van der Waals surface area contributed by atoms with Crippen molar-refractivity contribution in [2.24, 2.45) is 11.7 Å². The standard InChI is InChI=1S/C16H22N6O.ClH/c1-4-8-21(16(23)12(2)10-17)13(3)14-6-5-7-15(9-14)22-11-18-19-20-22;/h4-7,9,11-13H,1,8,10,17H2,2-3H3;1H. The molecule has 0 aliphatic heterocycles. The summed E-state index contributed by atoms with van der Waals surface area (Å²) in [6.07, 6.45) is 3.26. The van der Waals surface area contributed by atoms with E-state index in [4.69, 9.17) is 5.73 Å². The van der Waals surface area contributed by atoms with Crippen LogP contribution in [-0.2, 0) is 4.79 Å². The molecule has 0 aliphatic rings. The fourth-order valence-electron chi connectivity index (χ4n) is 2.35. The maximum Gasteiger partial charge on any atom is 0.227 e. The lowest BCUT2D eigenvalue weighted by Crippen LogP contribution is -2.39. The third-order valence-corrected chi connectivity index (χ3v) is 3.82. The molecule has 7 nitrogen and oxygen atoms in total. The molecule has 0 saturated carbocycles. The van der Waals surface area contributed by atoms with Crippen LogP contribution in [0.5, 0.6) is 0 Å². The summed E-state index contributed by atoms with van der Waals surface area (Å²) in [6.45, 7) is 8.37. The largest absolute Gasteiger partial charge is 0.332 e. The molecular formula is C16H23ClN6O. The molecule has 1 aromatic heterocycles. The highest BCUT2D eigenvalue weighted by Gasteiger charge is 2.24. The molecular weight excluding hydrogens is 328 g/mol. The minimum atomic E-state index is -0.222. The van der Waals surface area contributed by atoms with Crippen LogP contribution in [0.15, 0.2) is 43.2 Å². The maximum absolute atomic E-state index is 12.6. The molecule has 1 heterocycles. The van der Waals surface area contributed by atoms with Gasteiger partial charge in [-0.1, -0.05) is 25.1 Å². The van der Waals surface area contributed by atoms with Gasteiger partial charge in [0.15, 0.2) is 0 Å². The van der Waals surface area contributed by atoms with Crippen LogP contribution in [0, 0.1) is 5.92 Å². The number of nitrogens with two attached hydrogens (primary N) is 1. The summed E-state index contributed by atoms with van der Waals surface area (Å²) in [5.74, 6) is -0.201.